The summed E-state index contributed by atoms with van der Waals surface area (Å²) in [6.45, 7) is 5.38. The predicted octanol–water partition coefficient (Wildman–Crippen LogP) is 3.43. The molecule has 4 aromatic rings. The maximum absolute atomic E-state index is 12.5. The number of imidazole rings is 1. The first-order valence-electron chi connectivity index (χ1n) is 9.53. The Kier molecular flexibility index (Phi) is 5.62. The van der Waals surface area contributed by atoms with Gasteiger partial charge in [0.2, 0.25) is 0 Å². The van der Waals surface area contributed by atoms with Gasteiger partial charge in [-0.2, -0.15) is 0 Å². The van der Waals surface area contributed by atoms with Crippen LogP contribution in [0.2, 0.25) is 0 Å². The van der Waals surface area contributed by atoms with Crippen molar-refractivity contribution < 1.29 is 4.79 Å². The van der Waals surface area contributed by atoms with E-state index < -0.39 is 0 Å². The topological polar surface area (TPSA) is 85.6 Å². The first-order chi connectivity index (χ1) is 14.1. The van der Waals surface area contributed by atoms with Crippen LogP contribution in [0, 0.1) is 0 Å². The predicted molar refractivity (Wildman–Crippen MR) is 113 cm³/mol. The lowest BCUT2D eigenvalue weighted by Crippen LogP contribution is -2.25. The van der Waals surface area contributed by atoms with Crippen molar-refractivity contribution in [3.63, 3.8) is 0 Å². The molecule has 0 saturated carbocycles. The summed E-state index contributed by atoms with van der Waals surface area (Å²) in [5.41, 5.74) is 3.87. The van der Waals surface area contributed by atoms with Gasteiger partial charge in [-0.05, 0) is 18.2 Å². The largest absolute Gasteiger partial charge is 0.352 e. The van der Waals surface area contributed by atoms with Gasteiger partial charge in [0.25, 0.3) is 5.91 Å². The van der Waals surface area contributed by atoms with Crippen LogP contribution in [0.4, 0.5) is 0 Å². The van der Waals surface area contributed by atoms with Crippen LogP contribution in [-0.2, 0) is 13.0 Å². The fourth-order valence-corrected chi connectivity index (χ4v) is 3.83. The average molecular weight is 407 g/mol. The van der Waals surface area contributed by atoms with Gasteiger partial charge in [0.15, 0.2) is 5.65 Å². The third kappa shape index (κ3) is 4.48. The number of rotatable bonds is 7. The highest BCUT2D eigenvalue weighted by Gasteiger charge is 2.12. The zero-order valence-electron chi connectivity index (χ0n) is 16.4. The van der Waals surface area contributed by atoms with Crippen LogP contribution in [0.15, 0.2) is 48.4 Å². The maximum Gasteiger partial charge on any atom is 0.252 e. The quantitative estimate of drug-likeness (QED) is 0.508. The molecule has 0 atom stereocenters. The van der Waals surface area contributed by atoms with Crippen LogP contribution in [0.1, 0.15) is 46.5 Å². The van der Waals surface area contributed by atoms with E-state index in [4.69, 9.17) is 0 Å². The zero-order chi connectivity index (χ0) is 20.2. The second-order valence-corrected chi connectivity index (χ2v) is 7.99. The van der Waals surface area contributed by atoms with Crippen molar-refractivity contribution in [1.29, 1.82) is 0 Å². The van der Waals surface area contributed by atoms with E-state index in [1.165, 1.54) is 0 Å². The van der Waals surface area contributed by atoms with Crippen LogP contribution >= 0.6 is 11.3 Å². The van der Waals surface area contributed by atoms with Gasteiger partial charge in [0, 0.05) is 36.7 Å². The van der Waals surface area contributed by atoms with E-state index in [-0.39, 0.29) is 5.91 Å². The van der Waals surface area contributed by atoms with Gasteiger partial charge in [0.05, 0.1) is 34.8 Å². The number of hydrogen-bond acceptors (Lipinski definition) is 6. The number of thiazole rings is 1. The van der Waals surface area contributed by atoms with Crippen molar-refractivity contribution in [3.05, 3.63) is 70.3 Å². The van der Waals surface area contributed by atoms with E-state index in [1.54, 1.807) is 36.1 Å². The Balaban J connectivity index is 1.39. The molecular formula is C21H22N6OS. The number of amides is 1. The highest BCUT2D eigenvalue weighted by molar-refractivity contribution is 7.09. The van der Waals surface area contributed by atoms with Crippen LogP contribution in [-0.4, -0.2) is 37.0 Å². The fourth-order valence-electron chi connectivity index (χ4n) is 2.96. The average Bonchev–Trinajstić information content (AvgIpc) is 3.36. The standard InChI is InChI=1S/C21H22N6OS/c1-14(2)21-26-17(12-29-21)6-8-23-20(28)15-9-18-19(24-10-15)27(13-25-18)11-16-5-3-4-7-22-16/h3-5,7,9-10,12-14H,6,8,11H2,1-2H3,(H,23,28). The molecule has 0 aliphatic carbocycles. The first kappa shape index (κ1) is 19.2. The van der Waals surface area contributed by atoms with E-state index in [0.29, 0.717) is 36.5 Å². The molecule has 0 spiro atoms. The Morgan fingerprint density at radius 2 is 2.10 bits per heavy atom. The number of fused-ring (bicyclic) bond motifs is 1. The van der Waals surface area contributed by atoms with Gasteiger partial charge in [-0.25, -0.2) is 15.0 Å². The highest BCUT2D eigenvalue weighted by atomic mass is 32.1. The Morgan fingerprint density at radius 1 is 1.21 bits per heavy atom. The van der Waals surface area contributed by atoms with Gasteiger partial charge in [-0.3, -0.25) is 9.78 Å². The summed E-state index contributed by atoms with van der Waals surface area (Å²) < 4.78 is 1.92. The molecular weight excluding hydrogens is 384 g/mol. The second-order valence-electron chi connectivity index (χ2n) is 7.10. The minimum Gasteiger partial charge on any atom is -0.352 e. The van der Waals surface area contributed by atoms with Crippen molar-refractivity contribution in [2.24, 2.45) is 0 Å². The van der Waals surface area contributed by atoms with Crippen molar-refractivity contribution in [2.75, 3.05) is 6.54 Å². The summed E-state index contributed by atoms with van der Waals surface area (Å²) in [5.74, 6) is 0.275. The lowest BCUT2D eigenvalue weighted by molar-refractivity contribution is 0.0954. The normalized spacial score (nSPS) is 11.3. The molecule has 148 valence electrons. The van der Waals surface area contributed by atoms with E-state index >= 15 is 0 Å². The number of carbonyl (C=O) groups excluding carboxylic acids is 1. The number of pyridine rings is 2. The van der Waals surface area contributed by atoms with Crippen molar-refractivity contribution in [2.45, 2.75) is 32.7 Å². The lowest BCUT2D eigenvalue weighted by Gasteiger charge is -2.05. The summed E-state index contributed by atoms with van der Waals surface area (Å²) in [7, 11) is 0. The summed E-state index contributed by atoms with van der Waals surface area (Å²) in [6, 6.07) is 7.56. The number of aromatic nitrogens is 5. The third-order valence-corrected chi connectivity index (χ3v) is 5.70. The van der Waals surface area contributed by atoms with Gasteiger partial charge < -0.3 is 9.88 Å². The smallest absolute Gasteiger partial charge is 0.252 e. The number of nitrogens with one attached hydrogen (secondary N) is 1. The summed E-state index contributed by atoms with van der Waals surface area (Å²) >= 11 is 1.67. The molecule has 7 nitrogen and oxygen atoms in total. The van der Waals surface area contributed by atoms with Crippen LogP contribution in [0.25, 0.3) is 11.2 Å². The summed E-state index contributed by atoms with van der Waals surface area (Å²) in [5, 5.41) is 6.12. The summed E-state index contributed by atoms with van der Waals surface area (Å²) in [4.78, 5) is 30.2. The van der Waals surface area contributed by atoms with E-state index in [2.05, 4.69) is 44.5 Å². The number of carbonyl (C=O) groups is 1. The SMILES string of the molecule is CC(C)c1nc(CCNC(=O)c2cnc3c(c2)ncn3Cc2ccccn2)cs1. The van der Waals surface area contributed by atoms with Crippen LogP contribution in [0.3, 0.4) is 0 Å². The first-order valence-corrected chi connectivity index (χ1v) is 10.4. The Morgan fingerprint density at radius 3 is 2.86 bits per heavy atom. The molecule has 4 heterocycles. The molecule has 0 fully saturated rings. The molecule has 0 aliphatic heterocycles. The number of nitrogens with zero attached hydrogens (tertiary/aromatic N) is 5. The van der Waals surface area contributed by atoms with Crippen molar-refractivity contribution >= 4 is 28.4 Å². The Labute approximate surface area is 172 Å². The Hall–Kier alpha value is -3.13. The molecule has 0 unspecified atom stereocenters. The molecule has 0 saturated heterocycles. The van der Waals surface area contributed by atoms with Gasteiger partial charge in [-0.1, -0.05) is 19.9 Å². The molecule has 0 bridgehead atoms. The minimum atomic E-state index is -0.155. The second kappa shape index (κ2) is 8.48. The van der Waals surface area contributed by atoms with Gasteiger partial charge >= 0.3 is 0 Å². The van der Waals surface area contributed by atoms with E-state index in [1.807, 2.05) is 22.8 Å². The van der Waals surface area contributed by atoms with Crippen molar-refractivity contribution in [1.82, 2.24) is 29.8 Å². The molecule has 4 rings (SSSR count). The zero-order valence-corrected chi connectivity index (χ0v) is 17.2. The van der Waals surface area contributed by atoms with E-state index in [0.717, 1.165) is 22.0 Å². The molecule has 8 heteroatoms. The molecule has 1 N–H and O–H groups in total. The van der Waals surface area contributed by atoms with Crippen LogP contribution in [0.5, 0.6) is 0 Å². The Bertz CT molecular complexity index is 1120. The van der Waals surface area contributed by atoms with Crippen molar-refractivity contribution in [3.8, 4) is 0 Å². The molecule has 0 aliphatic rings. The monoisotopic (exact) mass is 406 g/mol. The van der Waals surface area contributed by atoms with Crippen LogP contribution < -0.4 is 5.32 Å². The molecule has 4 aromatic heterocycles. The number of hydrogen-bond donors (Lipinski definition) is 1. The molecule has 29 heavy (non-hydrogen) atoms. The molecule has 0 radical (unpaired) electrons. The molecule has 1 amide bonds. The molecule has 0 aromatic carbocycles. The van der Waals surface area contributed by atoms with E-state index in [9.17, 15) is 4.79 Å². The van der Waals surface area contributed by atoms with Gasteiger partial charge in [-0.15, -0.1) is 11.3 Å². The highest BCUT2D eigenvalue weighted by Crippen LogP contribution is 2.19. The summed E-state index contributed by atoms with van der Waals surface area (Å²) in [6.07, 6.45) is 5.79. The maximum atomic E-state index is 12.5. The fraction of sp³-hybridized carbons (Fsp3) is 0.286. The lowest BCUT2D eigenvalue weighted by atomic mass is 10.2. The minimum absolute atomic E-state index is 0.155. The van der Waals surface area contributed by atoms with Gasteiger partial charge in [0.1, 0.15) is 5.52 Å². The third-order valence-electron chi connectivity index (χ3n) is 4.51.